The Hall–Kier alpha value is -2.13. The Morgan fingerprint density at radius 3 is 2.73 bits per heavy atom. The van der Waals surface area contributed by atoms with Crippen molar-refractivity contribution in [3.8, 4) is 11.5 Å². The Kier molecular flexibility index (Phi) is 5.73. The van der Waals surface area contributed by atoms with Gasteiger partial charge in [-0.15, -0.1) is 0 Å². The number of anilines is 1. The summed E-state index contributed by atoms with van der Waals surface area (Å²) in [6.45, 7) is 6.74. The highest BCUT2D eigenvalue weighted by molar-refractivity contribution is 6.32. The molecule has 0 heterocycles. The number of methoxy groups -OCH3 is 1. The second kappa shape index (κ2) is 7.76. The van der Waals surface area contributed by atoms with E-state index in [9.17, 15) is 0 Å². The van der Waals surface area contributed by atoms with Crippen LogP contribution in [0.1, 0.15) is 11.1 Å². The molecule has 0 amide bonds. The van der Waals surface area contributed by atoms with Gasteiger partial charge in [0.05, 0.1) is 12.1 Å². The topological polar surface area (TPSA) is 30.5 Å². The van der Waals surface area contributed by atoms with Crippen LogP contribution in [0.15, 0.2) is 49.1 Å². The Morgan fingerprint density at radius 2 is 2.05 bits per heavy atom. The molecule has 0 aliphatic carbocycles. The third-order valence-electron chi connectivity index (χ3n) is 3.26. The first kappa shape index (κ1) is 16.2. The van der Waals surface area contributed by atoms with Gasteiger partial charge in [0, 0.05) is 12.2 Å². The van der Waals surface area contributed by atoms with Gasteiger partial charge in [0.2, 0.25) is 0 Å². The molecule has 2 aromatic carbocycles. The fourth-order valence-electron chi connectivity index (χ4n) is 2.13. The maximum Gasteiger partial charge on any atom is 0.180 e. The number of rotatable bonds is 7. The van der Waals surface area contributed by atoms with Gasteiger partial charge in [-0.2, -0.15) is 0 Å². The lowest BCUT2D eigenvalue weighted by atomic mass is 10.1. The predicted molar refractivity (Wildman–Crippen MR) is 92.2 cm³/mol. The summed E-state index contributed by atoms with van der Waals surface area (Å²) in [6, 6.07) is 12.0. The fourth-order valence-corrected chi connectivity index (χ4v) is 2.41. The number of ether oxygens (including phenoxy) is 2. The normalized spacial score (nSPS) is 10.1. The standard InChI is InChI=1S/C18H20ClNO2/c1-4-9-22-18-15(19)10-14(11-17(18)21-3)12-20-16-8-6-5-7-13(16)2/h4-8,10-11,20H,1,9,12H2,2-3H3. The van der Waals surface area contributed by atoms with Crippen LogP contribution in [-0.2, 0) is 6.54 Å². The Bertz CT molecular complexity index is 656. The monoisotopic (exact) mass is 317 g/mol. The van der Waals surface area contributed by atoms with Gasteiger partial charge in [-0.05, 0) is 36.2 Å². The van der Waals surface area contributed by atoms with Crippen LogP contribution < -0.4 is 14.8 Å². The molecule has 0 fully saturated rings. The first-order chi connectivity index (χ1) is 10.7. The molecule has 0 aliphatic heterocycles. The van der Waals surface area contributed by atoms with Gasteiger partial charge in [-0.1, -0.05) is 42.5 Å². The van der Waals surface area contributed by atoms with Crippen molar-refractivity contribution in [2.75, 3.05) is 19.0 Å². The molecule has 0 saturated heterocycles. The smallest absolute Gasteiger partial charge is 0.180 e. The maximum atomic E-state index is 6.30. The number of hydrogen-bond donors (Lipinski definition) is 1. The first-order valence-corrected chi connectivity index (χ1v) is 7.43. The molecule has 0 atom stereocenters. The highest BCUT2D eigenvalue weighted by atomic mass is 35.5. The van der Waals surface area contributed by atoms with Gasteiger partial charge in [0.25, 0.3) is 0 Å². The van der Waals surface area contributed by atoms with Crippen molar-refractivity contribution in [1.82, 2.24) is 0 Å². The molecule has 2 aromatic rings. The molecular weight excluding hydrogens is 298 g/mol. The fraction of sp³-hybridized carbons (Fsp3) is 0.222. The van der Waals surface area contributed by atoms with Crippen LogP contribution >= 0.6 is 11.6 Å². The van der Waals surface area contributed by atoms with Crippen molar-refractivity contribution in [2.24, 2.45) is 0 Å². The second-order valence-electron chi connectivity index (χ2n) is 4.88. The van der Waals surface area contributed by atoms with E-state index in [1.165, 1.54) is 5.56 Å². The molecule has 2 rings (SSSR count). The second-order valence-corrected chi connectivity index (χ2v) is 5.28. The van der Waals surface area contributed by atoms with Crippen LogP contribution in [0, 0.1) is 6.92 Å². The molecule has 3 nitrogen and oxygen atoms in total. The molecular formula is C18H20ClNO2. The maximum absolute atomic E-state index is 6.30. The number of hydrogen-bond acceptors (Lipinski definition) is 3. The minimum absolute atomic E-state index is 0.386. The predicted octanol–water partition coefficient (Wildman–Crippen LogP) is 4.83. The van der Waals surface area contributed by atoms with E-state index in [-0.39, 0.29) is 0 Å². The largest absolute Gasteiger partial charge is 0.493 e. The lowest BCUT2D eigenvalue weighted by Crippen LogP contribution is -2.03. The summed E-state index contributed by atoms with van der Waals surface area (Å²) in [5, 5.41) is 3.93. The van der Waals surface area contributed by atoms with E-state index in [0.717, 1.165) is 11.3 Å². The van der Waals surface area contributed by atoms with E-state index in [4.69, 9.17) is 21.1 Å². The van der Waals surface area contributed by atoms with Crippen molar-refractivity contribution in [3.63, 3.8) is 0 Å². The van der Waals surface area contributed by atoms with Gasteiger partial charge < -0.3 is 14.8 Å². The number of nitrogens with one attached hydrogen (secondary N) is 1. The summed E-state index contributed by atoms with van der Waals surface area (Å²) >= 11 is 6.30. The Morgan fingerprint density at radius 1 is 1.27 bits per heavy atom. The van der Waals surface area contributed by atoms with Crippen LogP contribution in [0.4, 0.5) is 5.69 Å². The van der Waals surface area contributed by atoms with Crippen molar-refractivity contribution in [3.05, 3.63) is 65.2 Å². The number of aryl methyl sites for hydroxylation is 1. The lowest BCUT2D eigenvalue weighted by molar-refractivity contribution is 0.326. The number of benzene rings is 2. The number of para-hydroxylation sites is 1. The zero-order valence-electron chi connectivity index (χ0n) is 12.9. The molecule has 0 unspecified atom stereocenters. The van der Waals surface area contributed by atoms with E-state index < -0.39 is 0 Å². The van der Waals surface area contributed by atoms with Crippen molar-refractivity contribution in [2.45, 2.75) is 13.5 Å². The molecule has 116 valence electrons. The van der Waals surface area contributed by atoms with E-state index in [1.807, 2.05) is 24.3 Å². The summed E-state index contributed by atoms with van der Waals surface area (Å²) in [7, 11) is 1.60. The van der Waals surface area contributed by atoms with Crippen LogP contribution in [0.2, 0.25) is 5.02 Å². The molecule has 0 spiro atoms. The van der Waals surface area contributed by atoms with Crippen LogP contribution in [0.3, 0.4) is 0 Å². The van der Waals surface area contributed by atoms with Crippen LogP contribution in [0.5, 0.6) is 11.5 Å². The SMILES string of the molecule is C=CCOc1c(Cl)cc(CNc2ccccc2C)cc1OC. The minimum atomic E-state index is 0.386. The minimum Gasteiger partial charge on any atom is -0.493 e. The molecule has 0 bridgehead atoms. The van der Waals surface area contributed by atoms with Gasteiger partial charge >= 0.3 is 0 Å². The number of halogens is 1. The first-order valence-electron chi connectivity index (χ1n) is 7.05. The molecule has 0 saturated carbocycles. The zero-order chi connectivity index (χ0) is 15.9. The Labute approximate surface area is 136 Å². The molecule has 22 heavy (non-hydrogen) atoms. The third-order valence-corrected chi connectivity index (χ3v) is 3.54. The van der Waals surface area contributed by atoms with Crippen LogP contribution in [0.25, 0.3) is 0 Å². The summed E-state index contributed by atoms with van der Waals surface area (Å²) < 4.78 is 10.9. The van der Waals surface area contributed by atoms with Gasteiger partial charge in [0.15, 0.2) is 11.5 Å². The average Bonchev–Trinajstić information content (AvgIpc) is 2.52. The van der Waals surface area contributed by atoms with E-state index in [1.54, 1.807) is 13.2 Å². The molecule has 0 aliphatic rings. The summed E-state index contributed by atoms with van der Waals surface area (Å²) in [4.78, 5) is 0. The van der Waals surface area contributed by atoms with Gasteiger partial charge in [-0.25, -0.2) is 0 Å². The lowest BCUT2D eigenvalue weighted by Gasteiger charge is -2.14. The average molecular weight is 318 g/mol. The van der Waals surface area contributed by atoms with Gasteiger partial charge in [-0.3, -0.25) is 0 Å². The highest BCUT2D eigenvalue weighted by Gasteiger charge is 2.11. The van der Waals surface area contributed by atoms with Crippen molar-refractivity contribution in [1.29, 1.82) is 0 Å². The van der Waals surface area contributed by atoms with E-state index in [0.29, 0.717) is 29.7 Å². The summed E-state index contributed by atoms with van der Waals surface area (Å²) in [5.74, 6) is 1.17. The van der Waals surface area contributed by atoms with E-state index >= 15 is 0 Å². The zero-order valence-corrected chi connectivity index (χ0v) is 13.6. The van der Waals surface area contributed by atoms with Gasteiger partial charge in [0.1, 0.15) is 6.61 Å². The molecule has 0 aromatic heterocycles. The van der Waals surface area contributed by atoms with Crippen molar-refractivity contribution >= 4 is 17.3 Å². The summed E-state index contributed by atoms with van der Waals surface area (Å²) in [6.07, 6.45) is 1.67. The molecule has 0 radical (unpaired) electrons. The Balaban J connectivity index is 2.16. The molecule has 1 N–H and O–H groups in total. The quantitative estimate of drug-likeness (QED) is 0.742. The summed E-state index contributed by atoms with van der Waals surface area (Å²) in [5.41, 5.74) is 3.33. The highest BCUT2D eigenvalue weighted by Crippen LogP contribution is 2.36. The third kappa shape index (κ3) is 3.95. The van der Waals surface area contributed by atoms with E-state index in [2.05, 4.69) is 31.0 Å². The van der Waals surface area contributed by atoms with Crippen LogP contribution in [-0.4, -0.2) is 13.7 Å². The molecule has 4 heteroatoms. The van der Waals surface area contributed by atoms with Crippen molar-refractivity contribution < 1.29 is 9.47 Å².